The smallest absolute Gasteiger partial charge is 0.267 e. The molecule has 1 aromatic carbocycles. The van der Waals surface area contributed by atoms with Crippen LogP contribution in [0.2, 0.25) is 0 Å². The van der Waals surface area contributed by atoms with Crippen LogP contribution >= 0.6 is 0 Å². The van der Waals surface area contributed by atoms with Crippen molar-refractivity contribution in [3.8, 4) is 0 Å². The van der Waals surface area contributed by atoms with Gasteiger partial charge in [-0.05, 0) is 62.1 Å². The van der Waals surface area contributed by atoms with Crippen LogP contribution in [-0.2, 0) is 0 Å². The first-order valence-corrected chi connectivity index (χ1v) is 12.0. The Balaban J connectivity index is 1.01. The van der Waals surface area contributed by atoms with E-state index in [9.17, 15) is 4.79 Å². The second-order valence-electron chi connectivity index (χ2n) is 9.34. The number of benzene rings is 1. The zero-order valence-electron chi connectivity index (χ0n) is 18.8. The quantitative estimate of drug-likeness (QED) is 0.448. The van der Waals surface area contributed by atoms with E-state index in [1.54, 1.807) is 6.20 Å². The number of H-pyrrole nitrogens is 2. The van der Waals surface area contributed by atoms with E-state index in [1.807, 2.05) is 24.4 Å². The standard InChI is InChI=1S/C26H30N6O/c33-26(23-17-18-3-2-11-28-25(18)30-23)29-19-6-8-20(9-7-19)31-13-15-32(16-14-31)24-5-1-4-22-21(24)10-12-27-22/h1-5,10-12,17,19-20,27H,6-9,13-16H2,(H,28,30)(H,29,33). The number of rotatable bonds is 4. The van der Waals surface area contributed by atoms with Gasteiger partial charge < -0.3 is 20.2 Å². The van der Waals surface area contributed by atoms with Gasteiger partial charge in [0.2, 0.25) is 0 Å². The van der Waals surface area contributed by atoms with Crippen LogP contribution in [0, 0.1) is 0 Å². The molecule has 1 saturated carbocycles. The molecule has 1 aliphatic heterocycles. The summed E-state index contributed by atoms with van der Waals surface area (Å²) in [6, 6.07) is 15.3. The number of nitrogens with zero attached hydrogens (tertiary/aromatic N) is 3. The number of anilines is 1. The van der Waals surface area contributed by atoms with E-state index in [2.05, 4.69) is 54.3 Å². The maximum atomic E-state index is 12.7. The lowest BCUT2D eigenvalue weighted by Crippen LogP contribution is -2.52. The van der Waals surface area contributed by atoms with E-state index in [0.717, 1.165) is 62.9 Å². The Morgan fingerprint density at radius 2 is 1.85 bits per heavy atom. The molecule has 4 heterocycles. The second kappa shape index (κ2) is 8.56. The number of pyridine rings is 1. The number of carbonyl (C=O) groups is 1. The van der Waals surface area contributed by atoms with Crippen LogP contribution in [0.1, 0.15) is 36.2 Å². The second-order valence-corrected chi connectivity index (χ2v) is 9.34. The molecule has 1 saturated heterocycles. The topological polar surface area (TPSA) is 80.1 Å². The first-order valence-electron chi connectivity index (χ1n) is 12.0. The van der Waals surface area contributed by atoms with E-state index >= 15 is 0 Å². The molecule has 3 aromatic heterocycles. The molecule has 7 heteroatoms. The summed E-state index contributed by atoms with van der Waals surface area (Å²) in [4.78, 5) is 28.6. The first kappa shape index (κ1) is 20.3. The van der Waals surface area contributed by atoms with Gasteiger partial charge in [-0.15, -0.1) is 0 Å². The summed E-state index contributed by atoms with van der Waals surface area (Å²) >= 11 is 0. The summed E-state index contributed by atoms with van der Waals surface area (Å²) in [5, 5.41) is 5.52. The molecule has 0 radical (unpaired) electrons. The van der Waals surface area contributed by atoms with E-state index in [1.165, 1.54) is 16.6 Å². The molecule has 7 nitrogen and oxygen atoms in total. The predicted molar refractivity (Wildman–Crippen MR) is 132 cm³/mol. The van der Waals surface area contributed by atoms with Gasteiger partial charge in [0.05, 0.1) is 0 Å². The number of hydrogen-bond donors (Lipinski definition) is 3. The molecule has 33 heavy (non-hydrogen) atoms. The predicted octanol–water partition coefficient (Wildman–Crippen LogP) is 3.91. The monoisotopic (exact) mass is 442 g/mol. The van der Waals surface area contributed by atoms with Gasteiger partial charge in [-0.2, -0.15) is 0 Å². The highest BCUT2D eigenvalue weighted by Gasteiger charge is 2.29. The number of nitrogens with one attached hydrogen (secondary N) is 3. The number of fused-ring (bicyclic) bond motifs is 2. The Morgan fingerprint density at radius 1 is 1.00 bits per heavy atom. The number of aromatic amines is 2. The minimum atomic E-state index is -0.0241. The largest absolute Gasteiger partial charge is 0.368 e. The van der Waals surface area contributed by atoms with Crippen molar-refractivity contribution in [2.45, 2.75) is 37.8 Å². The summed E-state index contributed by atoms with van der Waals surface area (Å²) < 4.78 is 0. The number of amides is 1. The van der Waals surface area contributed by atoms with Gasteiger partial charge in [0.1, 0.15) is 11.3 Å². The van der Waals surface area contributed by atoms with Crippen molar-refractivity contribution in [2.75, 3.05) is 31.1 Å². The zero-order chi connectivity index (χ0) is 22.2. The minimum absolute atomic E-state index is 0.0241. The highest BCUT2D eigenvalue weighted by molar-refractivity contribution is 5.97. The van der Waals surface area contributed by atoms with Crippen molar-refractivity contribution < 1.29 is 4.79 Å². The zero-order valence-corrected chi connectivity index (χ0v) is 18.8. The van der Waals surface area contributed by atoms with Gasteiger partial charge in [-0.3, -0.25) is 9.69 Å². The van der Waals surface area contributed by atoms with Crippen LogP contribution in [0.5, 0.6) is 0 Å². The van der Waals surface area contributed by atoms with Crippen molar-refractivity contribution >= 4 is 33.5 Å². The fourth-order valence-electron chi connectivity index (χ4n) is 5.60. The van der Waals surface area contributed by atoms with Crippen molar-refractivity contribution in [1.29, 1.82) is 0 Å². The Hall–Kier alpha value is -3.32. The lowest BCUT2D eigenvalue weighted by atomic mass is 9.89. The summed E-state index contributed by atoms with van der Waals surface area (Å²) in [6.45, 7) is 4.33. The lowest BCUT2D eigenvalue weighted by molar-refractivity contribution is 0.0895. The number of piperazine rings is 1. The molecule has 0 spiro atoms. The van der Waals surface area contributed by atoms with Gasteiger partial charge in [-0.1, -0.05) is 6.07 Å². The first-order chi connectivity index (χ1) is 16.2. The molecule has 4 aromatic rings. The molecule has 170 valence electrons. The third kappa shape index (κ3) is 3.97. The molecule has 2 fully saturated rings. The van der Waals surface area contributed by atoms with Crippen LogP contribution in [0.25, 0.3) is 21.9 Å². The summed E-state index contributed by atoms with van der Waals surface area (Å²) in [7, 11) is 0. The maximum Gasteiger partial charge on any atom is 0.267 e. The Kier molecular flexibility index (Phi) is 5.26. The van der Waals surface area contributed by atoms with E-state index in [0.29, 0.717) is 11.7 Å². The normalized spacial score (nSPS) is 22.1. The average Bonchev–Trinajstić information content (AvgIpc) is 3.52. The molecule has 0 atom stereocenters. The van der Waals surface area contributed by atoms with E-state index in [4.69, 9.17) is 0 Å². The van der Waals surface area contributed by atoms with Gasteiger partial charge in [0.25, 0.3) is 5.91 Å². The van der Waals surface area contributed by atoms with Crippen molar-refractivity contribution in [1.82, 2.24) is 25.2 Å². The van der Waals surface area contributed by atoms with Crippen LogP contribution in [0.3, 0.4) is 0 Å². The Labute approximate surface area is 193 Å². The van der Waals surface area contributed by atoms with Gasteiger partial charge in [-0.25, -0.2) is 4.98 Å². The molecule has 2 aliphatic rings. The highest BCUT2D eigenvalue weighted by atomic mass is 16.1. The van der Waals surface area contributed by atoms with Crippen molar-refractivity contribution in [3.05, 3.63) is 60.6 Å². The Morgan fingerprint density at radius 3 is 2.67 bits per heavy atom. The lowest BCUT2D eigenvalue weighted by Gasteiger charge is -2.42. The highest BCUT2D eigenvalue weighted by Crippen LogP contribution is 2.29. The van der Waals surface area contributed by atoms with Crippen LogP contribution in [0.4, 0.5) is 5.69 Å². The SMILES string of the molecule is O=C(NC1CCC(N2CCN(c3cccc4[nH]ccc34)CC2)CC1)c1cc2cccnc2[nH]1. The molecule has 6 rings (SSSR count). The van der Waals surface area contributed by atoms with Crippen molar-refractivity contribution in [3.63, 3.8) is 0 Å². The fraction of sp³-hybridized carbons (Fsp3) is 0.385. The molecule has 1 aliphatic carbocycles. The number of aromatic nitrogens is 3. The minimum Gasteiger partial charge on any atom is -0.368 e. The van der Waals surface area contributed by atoms with Gasteiger partial charge in [0.15, 0.2) is 0 Å². The molecule has 0 bridgehead atoms. The molecular formula is C26H30N6O. The van der Waals surface area contributed by atoms with Crippen LogP contribution < -0.4 is 10.2 Å². The number of hydrogen-bond acceptors (Lipinski definition) is 4. The van der Waals surface area contributed by atoms with Crippen molar-refractivity contribution in [2.24, 2.45) is 0 Å². The molecule has 3 N–H and O–H groups in total. The van der Waals surface area contributed by atoms with E-state index < -0.39 is 0 Å². The van der Waals surface area contributed by atoms with E-state index in [-0.39, 0.29) is 11.9 Å². The summed E-state index contributed by atoms with van der Waals surface area (Å²) in [5.41, 5.74) is 3.91. The number of carbonyl (C=O) groups excluding carboxylic acids is 1. The van der Waals surface area contributed by atoms with Gasteiger partial charge in [0, 0.05) is 72.6 Å². The van der Waals surface area contributed by atoms with Crippen LogP contribution in [-0.4, -0.2) is 64.0 Å². The Bertz CT molecular complexity index is 1230. The maximum absolute atomic E-state index is 12.7. The average molecular weight is 443 g/mol. The van der Waals surface area contributed by atoms with Gasteiger partial charge >= 0.3 is 0 Å². The van der Waals surface area contributed by atoms with Crippen LogP contribution in [0.15, 0.2) is 54.9 Å². The summed E-state index contributed by atoms with van der Waals surface area (Å²) in [6.07, 6.45) is 8.13. The summed E-state index contributed by atoms with van der Waals surface area (Å²) in [5.74, 6) is -0.0241. The molecule has 1 amide bonds. The fourth-order valence-corrected chi connectivity index (χ4v) is 5.60. The third-order valence-corrected chi connectivity index (χ3v) is 7.41. The third-order valence-electron chi connectivity index (χ3n) is 7.41. The molecule has 0 unspecified atom stereocenters. The molecular weight excluding hydrogens is 412 g/mol.